The number of nitrogens with zero attached hydrogens (tertiary/aromatic N) is 6. The van der Waals surface area contributed by atoms with Crippen molar-refractivity contribution in [2.45, 2.75) is 0 Å². The summed E-state index contributed by atoms with van der Waals surface area (Å²) in [6, 6.07) is 65.5. The van der Waals surface area contributed by atoms with Crippen LogP contribution in [0.15, 0.2) is 194 Å². The Labute approximate surface area is 322 Å². The SMILES string of the molecule is c1ccc(-c2ccc(-c3nc(-c4ccccc4)nc(-c4ccc(-n5c6ccccc6c6cc7c8ccccc8n(-c8ccccc8)c7cc65)cc4)n3)cn2)cc1. The van der Waals surface area contributed by atoms with Crippen molar-refractivity contribution in [1.82, 2.24) is 29.1 Å². The van der Waals surface area contributed by atoms with Gasteiger partial charge in [0.1, 0.15) is 0 Å². The lowest BCUT2D eigenvalue weighted by atomic mass is 10.1. The second kappa shape index (κ2) is 13.0. The van der Waals surface area contributed by atoms with E-state index in [9.17, 15) is 0 Å². The predicted octanol–water partition coefficient (Wildman–Crippen LogP) is 12.1. The molecule has 262 valence electrons. The number of aromatic nitrogens is 6. The maximum absolute atomic E-state index is 5.02. The lowest BCUT2D eigenvalue weighted by Crippen LogP contribution is -2.01. The highest BCUT2D eigenvalue weighted by Crippen LogP contribution is 2.40. The van der Waals surface area contributed by atoms with Crippen LogP contribution < -0.4 is 0 Å². The van der Waals surface area contributed by atoms with Crippen LogP contribution in [0.5, 0.6) is 0 Å². The van der Waals surface area contributed by atoms with Crippen LogP contribution in [-0.4, -0.2) is 29.1 Å². The van der Waals surface area contributed by atoms with Gasteiger partial charge in [-0.15, -0.1) is 0 Å². The van der Waals surface area contributed by atoms with Gasteiger partial charge in [-0.25, -0.2) is 15.0 Å². The van der Waals surface area contributed by atoms with Gasteiger partial charge in [-0.2, -0.15) is 0 Å². The minimum atomic E-state index is 0.574. The fourth-order valence-corrected chi connectivity index (χ4v) is 7.98. The Balaban J connectivity index is 1.06. The van der Waals surface area contributed by atoms with E-state index in [0.29, 0.717) is 17.5 Å². The van der Waals surface area contributed by atoms with Gasteiger partial charge in [-0.3, -0.25) is 4.98 Å². The molecule has 0 aliphatic carbocycles. The molecule has 4 aromatic heterocycles. The summed E-state index contributed by atoms with van der Waals surface area (Å²) in [5, 5.41) is 4.91. The Morgan fingerprint density at radius 2 is 0.750 bits per heavy atom. The van der Waals surface area contributed by atoms with Crippen molar-refractivity contribution in [3.63, 3.8) is 0 Å². The Hall–Kier alpha value is -7.70. The Morgan fingerprint density at radius 3 is 1.30 bits per heavy atom. The van der Waals surface area contributed by atoms with Crippen molar-refractivity contribution >= 4 is 43.6 Å². The van der Waals surface area contributed by atoms with Crippen LogP contribution in [0.3, 0.4) is 0 Å². The quantitative estimate of drug-likeness (QED) is 0.172. The van der Waals surface area contributed by atoms with Gasteiger partial charge in [-0.1, -0.05) is 115 Å². The van der Waals surface area contributed by atoms with Gasteiger partial charge in [0.25, 0.3) is 0 Å². The smallest absolute Gasteiger partial charge is 0.165 e. The molecular formula is C50H32N6. The normalized spacial score (nSPS) is 11.6. The van der Waals surface area contributed by atoms with Crippen molar-refractivity contribution in [3.8, 4) is 56.8 Å². The summed E-state index contributed by atoms with van der Waals surface area (Å²) in [6.45, 7) is 0. The molecule has 6 nitrogen and oxygen atoms in total. The zero-order chi connectivity index (χ0) is 37.0. The van der Waals surface area contributed by atoms with Gasteiger partial charge in [0, 0.05) is 61.4 Å². The third-order valence-electron chi connectivity index (χ3n) is 10.6. The molecule has 0 saturated heterocycles. The Bertz CT molecular complexity index is 3200. The first kappa shape index (κ1) is 31.8. The first-order chi connectivity index (χ1) is 27.8. The predicted molar refractivity (Wildman–Crippen MR) is 228 cm³/mol. The van der Waals surface area contributed by atoms with E-state index in [1.165, 1.54) is 32.6 Å². The first-order valence-corrected chi connectivity index (χ1v) is 18.7. The molecule has 56 heavy (non-hydrogen) atoms. The van der Waals surface area contributed by atoms with Crippen molar-refractivity contribution in [1.29, 1.82) is 0 Å². The topological polar surface area (TPSA) is 61.4 Å². The van der Waals surface area contributed by atoms with E-state index in [4.69, 9.17) is 19.9 Å². The fraction of sp³-hybridized carbons (Fsp3) is 0. The molecule has 0 spiro atoms. The second-order valence-corrected chi connectivity index (χ2v) is 13.9. The summed E-state index contributed by atoms with van der Waals surface area (Å²) in [7, 11) is 0. The summed E-state index contributed by atoms with van der Waals surface area (Å²) in [4.78, 5) is 19.7. The van der Waals surface area contributed by atoms with Gasteiger partial charge in [0.05, 0.1) is 27.8 Å². The lowest BCUT2D eigenvalue weighted by molar-refractivity contribution is 1.07. The van der Waals surface area contributed by atoms with E-state index in [1.807, 2.05) is 66.9 Å². The largest absolute Gasteiger partial charge is 0.309 e. The van der Waals surface area contributed by atoms with Crippen molar-refractivity contribution in [2.24, 2.45) is 0 Å². The molecule has 0 saturated carbocycles. The third kappa shape index (κ3) is 5.27. The second-order valence-electron chi connectivity index (χ2n) is 13.9. The van der Waals surface area contributed by atoms with Gasteiger partial charge in [0.2, 0.25) is 0 Å². The third-order valence-corrected chi connectivity index (χ3v) is 10.6. The van der Waals surface area contributed by atoms with E-state index >= 15 is 0 Å². The molecular weight excluding hydrogens is 685 g/mol. The van der Waals surface area contributed by atoms with Crippen molar-refractivity contribution in [3.05, 3.63) is 194 Å². The molecule has 0 N–H and O–H groups in total. The standard InChI is InChI=1S/C50H32N6/c1-4-14-33(15-5-1)43-29-26-36(32-51-43)50-53-48(34-16-6-2-7-17-34)52-49(54-50)35-24-27-38(28-25-35)56-45-23-13-11-21-40(45)42-30-41-39-20-10-12-22-44(39)55(46(41)31-47(42)56)37-18-8-3-9-19-37/h1-32H. The minimum Gasteiger partial charge on any atom is -0.309 e. The molecule has 6 heteroatoms. The summed E-state index contributed by atoms with van der Waals surface area (Å²) >= 11 is 0. The molecule has 4 heterocycles. The lowest BCUT2D eigenvalue weighted by Gasteiger charge is -2.11. The van der Waals surface area contributed by atoms with Gasteiger partial charge < -0.3 is 9.13 Å². The number of benzene rings is 7. The number of hydrogen-bond donors (Lipinski definition) is 0. The highest BCUT2D eigenvalue weighted by atomic mass is 15.0. The molecule has 0 radical (unpaired) electrons. The van der Waals surface area contributed by atoms with Crippen LogP contribution in [0.4, 0.5) is 0 Å². The molecule has 0 atom stereocenters. The van der Waals surface area contributed by atoms with Gasteiger partial charge in [0.15, 0.2) is 17.5 Å². The first-order valence-electron chi connectivity index (χ1n) is 18.7. The molecule has 0 unspecified atom stereocenters. The van der Waals surface area contributed by atoms with E-state index in [2.05, 4.69) is 137 Å². The molecule has 0 fully saturated rings. The average molecular weight is 717 g/mol. The number of para-hydroxylation sites is 3. The Kier molecular flexibility index (Phi) is 7.38. The molecule has 11 rings (SSSR count). The number of fused-ring (bicyclic) bond motifs is 6. The zero-order valence-corrected chi connectivity index (χ0v) is 30.2. The van der Waals surface area contributed by atoms with Crippen molar-refractivity contribution in [2.75, 3.05) is 0 Å². The molecule has 0 aliphatic rings. The molecule has 0 bridgehead atoms. The molecule has 7 aromatic carbocycles. The van der Waals surface area contributed by atoms with Crippen LogP contribution in [0.25, 0.3) is 100 Å². The van der Waals surface area contributed by atoms with Crippen LogP contribution in [0.2, 0.25) is 0 Å². The molecule has 0 aliphatic heterocycles. The Morgan fingerprint density at radius 1 is 0.304 bits per heavy atom. The van der Waals surface area contributed by atoms with Gasteiger partial charge >= 0.3 is 0 Å². The van der Waals surface area contributed by atoms with Crippen LogP contribution >= 0.6 is 0 Å². The van der Waals surface area contributed by atoms with Gasteiger partial charge in [-0.05, 0) is 72.8 Å². The number of rotatable bonds is 6. The van der Waals surface area contributed by atoms with E-state index in [0.717, 1.165) is 50.4 Å². The van der Waals surface area contributed by atoms with Crippen LogP contribution in [-0.2, 0) is 0 Å². The maximum Gasteiger partial charge on any atom is 0.165 e. The maximum atomic E-state index is 5.02. The van der Waals surface area contributed by atoms with E-state index in [1.54, 1.807) is 0 Å². The number of pyridine rings is 1. The van der Waals surface area contributed by atoms with E-state index < -0.39 is 0 Å². The summed E-state index contributed by atoms with van der Waals surface area (Å²) in [6.07, 6.45) is 1.84. The highest BCUT2D eigenvalue weighted by Gasteiger charge is 2.19. The fourth-order valence-electron chi connectivity index (χ4n) is 7.98. The summed E-state index contributed by atoms with van der Waals surface area (Å²) < 4.78 is 4.75. The van der Waals surface area contributed by atoms with E-state index in [-0.39, 0.29) is 0 Å². The molecule has 11 aromatic rings. The summed E-state index contributed by atoms with van der Waals surface area (Å²) in [5.41, 5.74) is 11.5. The zero-order valence-electron chi connectivity index (χ0n) is 30.2. The molecule has 0 amide bonds. The summed E-state index contributed by atoms with van der Waals surface area (Å²) in [5.74, 6) is 1.79. The monoisotopic (exact) mass is 716 g/mol. The van der Waals surface area contributed by atoms with Crippen LogP contribution in [0.1, 0.15) is 0 Å². The minimum absolute atomic E-state index is 0.574. The highest BCUT2D eigenvalue weighted by molar-refractivity contribution is 6.19. The number of hydrogen-bond acceptors (Lipinski definition) is 4. The average Bonchev–Trinajstić information content (AvgIpc) is 3.78. The van der Waals surface area contributed by atoms with Crippen LogP contribution in [0, 0.1) is 0 Å². The van der Waals surface area contributed by atoms with Crippen molar-refractivity contribution < 1.29 is 0 Å².